The van der Waals surface area contributed by atoms with Gasteiger partial charge in [-0.2, -0.15) is 18.4 Å². The number of rotatable bonds is 4. The quantitative estimate of drug-likeness (QED) is 0.847. The molecule has 0 heterocycles. The summed E-state index contributed by atoms with van der Waals surface area (Å²) >= 11 is 1.02. The third-order valence-electron chi connectivity index (χ3n) is 2.83. The van der Waals surface area contributed by atoms with Crippen molar-refractivity contribution in [2.24, 2.45) is 0 Å². The summed E-state index contributed by atoms with van der Waals surface area (Å²) in [6, 6.07) is 13.1. The fourth-order valence-corrected chi connectivity index (χ4v) is 2.49. The maximum atomic E-state index is 12.6. The van der Waals surface area contributed by atoms with Gasteiger partial charge in [-0.25, -0.2) is 0 Å². The second-order valence-corrected chi connectivity index (χ2v) is 5.60. The topological polar surface area (TPSA) is 52.9 Å². The number of nitriles is 1. The van der Waals surface area contributed by atoms with Crippen molar-refractivity contribution in [2.45, 2.75) is 11.1 Å². The van der Waals surface area contributed by atoms with Gasteiger partial charge in [-0.3, -0.25) is 4.79 Å². The predicted octanol–water partition coefficient (Wildman–Crippen LogP) is 4.31. The lowest BCUT2D eigenvalue weighted by molar-refractivity contribution is -0.137. The highest BCUT2D eigenvalue weighted by atomic mass is 32.2. The van der Waals surface area contributed by atoms with Crippen molar-refractivity contribution in [3.8, 4) is 6.07 Å². The number of nitrogens with one attached hydrogen (secondary N) is 1. The SMILES string of the molecule is N#Cc1ccc(NC(=O)CSc2cccc(C(F)(F)F)c2)cc1. The number of hydrogen-bond donors (Lipinski definition) is 1. The molecular formula is C16H11F3N2OS. The van der Waals surface area contributed by atoms with E-state index in [0.717, 1.165) is 23.9 Å². The minimum atomic E-state index is -4.40. The van der Waals surface area contributed by atoms with E-state index in [1.807, 2.05) is 6.07 Å². The molecule has 23 heavy (non-hydrogen) atoms. The van der Waals surface area contributed by atoms with E-state index >= 15 is 0 Å². The first-order chi connectivity index (χ1) is 10.9. The largest absolute Gasteiger partial charge is 0.416 e. The highest BCUT2D eigenvalue weighted by Gasteiger charge is 2.30. The lowest BCUT2D eigenvalue weighted by atomic mass is 10.2. The molecule has 0 bridgehead atoms. The molecule has 0 aromatic heterocycles. The molecule has 0 saturated carbocycles. The molecule has 0 aliphatic rings. The number of alkyl halides is 3. The molecule has 118 valence electrons. The first-order valence-electron chi connectivity index (χ1n) is 6.48. The molecule has 0 unspecified atom stereocenters. The fraction of sp³-hybridized carbons (Fsp3) is 0.125. The van der Waals surface area contributed by atoms with Crippen LogP contribution >= 0.6 is 11.8 Å². The number of carbonyl (C=O) groups excluding carboxylic acids is 1. The maximum Gasteiger partial charge on any atom is 0.416 e. The van der Waals surface area contributed by atoms with Crippen molar-refractivity contribution >= 4 is 23.4 Å². The minimum Gasteiger partial charge on any atom is -0.325 e. The van der Waals surface area contributed by atoms with Gasteiger partial charge in [0.2, 0.25) is 5.91 Å². The molecule has 2 rings (SSSR count). The Balaban J connectivity index is 1.93. The van der Waals surface area contributed by atoms with Gasteiger partial charge in [-0.05, 0) is 42.5 Å². The monoisotopic (exact) mass is 336 g/mol. The van der Waals surface area contributed by atoms with Gasteiger partial charge in [0.25, 0.3) is 0 Å². The van der Waals surface area contributed by atoms with E-state index in [2.05, 4.69) is 5.32 Å². The molecule has 0 spiro atoms. The molecular weight excluding hydrogens is 325 g/mol. The lowest BCUT2D eigenvalue weighted by Crippen LogP contribution is -2.14. The molecule has 2 aromatic rings. The van der Waals surface area contributed by atoms with E-state index < -0.39 is 11.7 Å². The molecule has 0 atom stereocenters. The van der Waals surface area contributed by atoms with Gasteiger partial charge in [0.05, 0.1) is 22.9 Å². The van der Waals surface area contributed by atoms with Gasteiger partial charge in [0.15, 0.2) is 0 Å². The van der Waals surface area contributed by atoms with Crippen LogP contribution in [0.1, 0.15) is 11.1 Å². The van der Waals surface area contributed by atoms with Gasteiger partial charge in [0, 0.05) is 10.6 Å². The Hall–Kier alpha value is -2.46. The Morgan fingerprint density at radius 3 is 2.48 bits per heavy atom. The Labute approximate surface area is 135 Å². The number of anilines is 1. The highest BCUT2D eigenvalue weighted by Crippen LogP contribution is 2.31. The van der Waals surface area contributed by atoms with E-state index in [9.17, 15) is 18.0 Å². The molecule has 2 aromatic carbocycles. The van der Waals surface area contributed by atoms with Crippen LogP contribution in [0.3, 0.4) is 0 Å². The zero-order chi connectivity index (χ0) is 16.9. The van der Waals surface area contributed by atoms with Crippen LogP contribution in [0.4, 0.5) is 18.9 Å². The summed E-state index contributed by atoms with van der Waals surface area (Å²) in [6.45, 7) is 0. The van der Waals surface area contributed by atoms with Crippen molar-refractivity contribution in [3.63, 3.8) is 0 Å². The number of amides is 1. The Morgan fingerprint density at radius 2 is 1.87 bits per heavy atom. The third kappa shape index (κ3) is 5.04. The lowest BCUT2D eigenvalue weighted by Gasteiger charge is -2.09. The van der Waals surface area contributed by atoms with Crippen molar-refractivity contribution in [1.29, 1.82) is 5.26 Å². The molecule has 7 heteroatoms. The van der Waals surface area contributed by atoms with Crippen LogP contribution in [0.2, 0.25) is 0 Å². The van der Waals surface area contributed by atoms with Crippen LogP contribution in [0.5, 0.6) is 0 Å². The normalized spacial score (nSPS) is 10.9. The second-order valence-electron chi connectivity index (χ2n) is 4.55. The zero-order valence-corrected chi connectivity index (χ0v) is 12.5. The van der Waals surface area contributed by atoms with Crippen molar-refractivity contribution < 1.29 is 18.0 Å². The number of benzene rings is 2. The van der Waals surface area contributed by atoms with Crippen LogP contribution in [0.25, 0.3) is 0 Å². The molecule has 3 nitrogen and oxygen atoms in total. The summed E-state index contributed by atoms with van der Waals surface area (Å²) in [7, 11) is 0. The number of halogens is 3. The van der Waals surface area contributed by atoms with E-state index in [0.29, 0.717) is 16.1 Å². The number of thioether (sulfide) groups is 1. The van der Waals surface area contributed by atoms with Gasteiger partial charge < -0.3 is 5.32 Å². The van der Waals surface area contributed by atoms with E-state index in [1.54, 1.807) is 24.3 Å². The molecule has 0 radical (unpaired) electrons. The zero-order valence-electron chi connectivity index (χ0n) is 11.7. The molecule has 1 amide bonds. The molecule has 0 fully saturated rings. The van der Waals surface area contributed by atoms with E-state index in [1.165, 1.54) is 12.1 Å². The van der Waals surface area contributed by atoms with E-state index in [-0.39, 0.29) is 11.7 Å². The van der Waals surface area contributed by atoms with Crippen molar-refractivity contribution in [3.05, 3.63) is 59.7 Å². The summed E-state index contributed by atoms with van der Waals surface area (Å²) in [4.78, 5) is 12.2. The third-order valence-corrected chi connectivity index (χ3v) is 3.82. The minimum absolute atomic E-state index is 0.0126. The van der Waals surface area contributed by atoms with Gasteiger partial charge in [-0.1, -0.05) is 6.07 Å². The van der Waals surface area contributed by atoms with Gasteiger partial charge in [0.1, 0.15) is 0 Å². The summed E-state index contributed by atoms with van der Waals surface area (Å²) in [5.74, 6) is -0.349. The van der Waals surface area contributed by atoms with Crippen LogP contribution in [-0.4, -0.2) is 11.7 Å². The molecule has 0 aliphatic carbocycles. The van der Waals surface area contributed by atoms with Gasteiger partial charge in [-0.15, -0.1) is 11.8 Å². The number of nitrogens with zero attached hydrogens (tertiary/aromatic N) is 1. The Kier molecular flexibility index (Phi) is 5.29. The summed E-state index contributed by atoms with van der Waals surface area (Å²) in [6.07, 6.45) is -4.40. The molecule has 0 aliphatic heterocycles. The summed E-state index contributed by atoms with van der Waals surface area (Å²) in [5, 5.41) is 11.3. The summed E-state index contributed by atoms with van der Waals surface area (Å²) in [5.41, 5.74) is 0.259. The summed E-state index contributed by atoms with van der Waals surface area (Å²) < 4.78 is 37.8. The number of carbonyl (C=O) groups is 1. The predicted molar refractivity (Wildman–Crippen MR) is 82.0 cm³/mol. The van der Waals surface area contributed by atoms with Crippen LogP contribution in [0, 0.1) is 11.3 Å². The van der Waals surface area contributed by atoms with Crippen molar-refractivity contribution in [2.75, 3.05) is 11.1 Å². The smallest absolute Gasteiger partial charge is 0.325 e. The van der Waals surface area contributed by atoms with E-state index in [4.69, 9.17) is 5.26 Å². The molecule has 1 N–H and O–H groups in total. The number of hydrogen-bond acceptors (Lipinski definition) is 3. The maximum absolute atomic E-state index is 12.6. The Bertz CT molecular complexity index is 736. The highest BCUT2D eigenvalue weighted by molar-refractivity contribution is 8.00. The standard InChI is InChI=1S/C16H11F3N2OS/c17-16(18,19)12-2-1-3-14(8-12)23-10-15(22)21-13-6-4-11(9-20)5-7-13/h1-8H,10H2,(H,21,22). The second kappa shape index (κ2) is 7.20. The molecule has 0 saturated heterocycles. The van der Waals surface area contributed by atoms with Gasteiger partial charge >= 0.3 is 6.18 Å². The average Bonchev–Trinajstić information content (AvgIpc) is 2.53. The van der Waals surface area contributed by atoms with Crippen molar-refractivity contribution in [1.82, 2.24) is 0 Å². The van der Waals surface area contributed by atoms with Crippen LogP contribution < -0.4 is 5.32 Å². The average molecular weight is 336 g/mol. The first kappa shape index (κ1) is 16.9. The Morgan fingerprint density at radius 1 is 1.17 bits per heavy atom. The van der Waals surface area contributed by atoms with Crippen LogP contribution in [0.15, 0.2) is 53.4 Å². The fourth-order valence-electron chi connectivity index (χ4n) is 1.74. The first-order valence-corrected chi connectivity index (χ1v) is 7.47. The van der Waals surface area contributed by atoms with Crippen LogP contribution in [-0.2, 0) is 11.0 Å².